The molecule has 2 heterocycles. The molecule has 1 fully saturated rings. The first-order valence-electron chi connectivity index (χ1n) is 6.23. The molecule has 0 saturated carbocycles. The molecule has 0 aromatic carbocycles. The van der Waals surface area contributed by atoms with Crippen LogP contribution in [0.4, 0.5) is 0 Å². The summed E-state index contributed by atoms with van der Waals surface area (Å²) in [5.74, 6) is 0.139. The van der Waals surface area contributed by atoms with Crippen molar-refractivity contribution in [3.8, 4) is 0 Å². The van der Waals surface area contributed by atoms with Crippen LogP contribution in [-0.2, 0) is 4.79 Å². The largest absolute Gasteiger partial charge is 0.352 e. The Balaban J connectivity index is 1.66. The monoisotopic (exact) mass is 247 g/mol. The van der Waals surface area contributed by atoms with Crippen LogP contribution in [0.25, 0.3) is 0 Å². The number of nitrogens with zero attached hydrogens (tertiary/aromatic N) is 2. The Kier molecular flexibility index (Phi) is 4.28. The van der Waals surface area contributed by atoms with Crippen LogP contribution in [0.3, 0.4) is 0 Å². The van der Waals surface area contributed by atoms with E-state index in [0.717, 1.165) is 25.9 Å². The van der Waals surface area contributed by atoms with Crippen molar-refractivity contribution >= 4 is 11.8 Å². The molecule has 1 N–H and O–H groups in total. The first-order valence-corrected chi connectivity index (χ1v) is 6.23. The summed E-state index contributed by atoms with van der Waals surface area (Å²) in [7, 11) is 0. The first kappa shape index (κ1) is 12.5. The van der Waals surface area contributed by atoms with E-state index in [1.165, 1.54) is 0 Å². The van der Waals surface area contributed by atoms with E-state index in [-0.39, 0.29) is 11.8 Å². The molecule has 2 amide bonds. The third-order valence-electron chi connectivity index (χ3n) is 3.00. The van der Waals surface area contributed by atoms with Crippen molar-refractivity contribution in [1.29, 1.82) is 0 Å². The predicted octanol–water partition coefficient (Wildman–Crippen LogP) is 0.824. The Morgan fingerprint density at radius 3 is 2.83 bits per heavy atom. The highest BCUT2D eigenvalue weighted by molar-refractivity contribution is 5.93. The fourth-order valence-electron chi connectivity index (χ4n) is 2.02. The van der Waals surface area contributed by atoms with Crippen LogP contribution < -0.4 is 5.32 Å². The minimum atomic E-state index is -0.0925. The van der Waals surface area contributed by atoms with E-state index >= 15 is 0 Å². The number of rotatable bonds is 5. The second-order valence-corrected chi connectivity index (χ2v) is 4.33. The normalized spacial score (nSPS) is 14.9. The highest BCUT2D eigenvalue weighted by atomic mass is 16.2. The molecular weight excluding hydrogens is 230 g/mol. The van der Waals surface area contributed by atoms with Crippen LogP contribution >= 0.6 is 0 Å². The molecule has 1 aliphatic heterocycles. The second-order valence-electron chi connectivity index (χ2n) is 4.33. The second kappa shape index (κ2) is 6.14. The Labute approximate surface area is 106 Å². The zero-order chi connectivity index (χ0) is 12.8. The number of amides is 2. The molecule has 1 aromatic heterocycles. The van der Waals surface area contributed by atoms with Gasteiger partial charge in [-0.25, -0.2) is 0 Å². The number of nitrogens with one attached hydrogen (secondary N) is 1. The van der Waals surface area contributed by atoms with Gasteiger partial charge in [-0.1, -0.05) is 0 Å². The van der Waals surface area contributed by atoms with E-state index in [1.54, 1.807) is 24.5 Å². The summed E-state index contributed by atoms with van der Waals surface area (Å²) >= 11 is 0. The Morgan fingerprint density at radius 1 is 1.39 bits per heavy atom. The molecule has 2 rings (SSSR count). The molecule has 1 aliphatic rings. The summed E-state index contributed by atoms with van der Waals surface area (Å²) in [6, 6.07) is 3.36. The minimum Gasteiger partial charge on any atom is -0.352 e. The van der Waals surface area contributed by atoms with Crippen molar-refractivity contribution in [2.24, 2.45) is 0 Å². The van der Waals surface area contributed by atoms with Gasteiger partial charge in [-0.15, -0.1) is 0 Å². The SMILES string of the molecule is O=C(NCCCN1CCCC1=O)c1ccncc1. The van der Waals surface area contributed by atoms with Crippen LogP contribution in [-0.4, -0.2) is 41.3 Å². The molecule has 5 nitrogen and oxygen atoms in total. The molecular formula is C13H17N3O2. The summed E-state index contributed by atoms with van der Waals surface area (Å²) in [4.78, 5) is 28.8. The lowest BCUT2D eigenvalue weighted by molar-refractivity contribution is -0.127. The van der Waals surface area contributed by atoms with Crippen molar-refractivity contribution in [2.75, 3.05) is 19.6 Å². The molecule has 0 radical (unpaired) electrons. The van der Waals surface area contributed by atoms with Crippen molar-refractivity contribution in [3.05, 3.63) is 30.1 Å². The molecule has 0 spiro atoms. The van der Waals surface area contributed by atoms with Crippen LogP contribution in [0.2, 0.25) is 0 Å². The number of pyridine rings is 1. The van der Waals surface area contributed by atoms with Gasteiger partial charge >= 0.3 is 0 Å². The average Bonchev–Trinajstić information content (AvgIpc) is 2.81. The van der Waals surface area contributed by atoms with Crippen molar-refractivity contribution in [1.82, 2.24) is 15.2 Å². The average molecular weight is 247 g/mol. The summed E-state index contributed by atoms with van der Waals surface area (Å²) in [5.41, 5.74) is 0.613. The van der Waals surface area contributed by atoms with Gasteiger partial charge in [0.05, 0.1) is 0 Å². The Hall–Kier alpha value is -1.91. The molecule has 0 aliphatic carbocycles. The zero-order valence-corrected chi connectivity index (χ0v) is 10.3. The van der Waals surface area contributed by atoms with Crippen molar-refractivity contribution < 1.29 is 9.59 Å². The van der Waals surface area contributed by atoms with Gasteiger partial charge in [0.1, 0.15) is 0 Å². The quantitative estimate of drug-likeness (QED) is 0.784. The third-order valence-corrected chi connectivity index (χ3v) is 3.00. The van der Waals surface area contributed by atoms with Gasteiger partial charge in [-0.2, -0.15) is 0 Å². The minimum absolute atomic E-state index is 0.0925. The fourth-order valence-corrected chi connectivity index (χ4v) is 2.02. The van der Waals surface area contributed by atoms with Crippen LogP contribution in [0, 0.1) is 0 Å². The summed E-state index contributed by atoms with van der Waals surface area (Å²) in [6.45, 7) is 2.18. The van der Waals surface area contributed by atoms with Gasteiger partial charge < -0.3 is 10.2 Å². The maximum Gasteiger partial charge on any atom is 0.251 e. The maximum absolute atomic E-state index is 11.7. The highest BCUT2D eigenvalue weighted by Crippen LogP contribution is 2.09. The topological polar surface area (TPSA) is 62.3 Å². The van der Waals surface area contributed by atoms with E-state index in [0.29, 0.717) is 18.5 Å². The number of aromatic nitrogens is 1. The molecule has 0 bridgehead atoms. The molecule has 5 heteroatoms. The number of carbonyl (C=O) groups excluding carboxylic acids is 2. The van der Waals surface area contributed by atoms with Gasteiger partial charge in [0, 0.05) is 44.0 Å². The maximum atomic E-state index is 11.7. The molecule has 0 atom stereocenters. The van der Waals surface area contributed by atoms with Crippen LogP contribution in [0.5, 0.6) is 0 Å². The lowest BCUT2D eigenvalue weighted by Gasteiger charge is -2.15. The van der Waals surface area contributed by atoms with Crippen molar-refractivity contribution in [2.45, 2.75) is 19.3 Å². The molecule has 1 aromatic rings. The van der Waals surface area contributed by atoms with Crippen LogP contribution in [0.1, 0.15) is 29.6 Å². The zero-order valence-electron chi connectivity index (χ0n) is 10.3. The van der Waals surface area contributed by atoms with Gasteiger partial charge in [-0.05, 0) is 25.0 Å². The summed E-state index contributed by atoms with van der Waals surface area (Å²) in [5, 5.41) is 2.83. The number of hydrogen-bond acceptors (Lipinski definition) is 3. The molecule has 0 unspecified atom stereocenters. The number of likely N-dealkylation sites (tertiary alicyclic amines) is 1. The van der Waals surface area contributed by atoms with E-state index in [9.17, 15) is 9.59 Å². The first-order chi connectivity index (χ1) is 8.77. The van der Waals surface area contributed by atoms with Gasteiger partial charge in [0.15, 0.2) is 0 Å². The van der Waals surface area contributed by atoms with Crippen LogP contribution in [0.15, 0.2) is 24.5 Å². The van der Waals surface area contributed by atoms with Crippen molar-refractivity contribution in [3.63, 3.8) is 0 Å². The lowest BCUT2D eigenvalue weighted by atomic mass is 10.2. The van der Waals surface area contributed by atoms with E-state index < -0.39 is 0 Å². The Bertz CT molecular complexity index is 420. The van der Waals surface area contributed by atoms with E-state index in [1.807, 2.05) is 4.90 Å². The standard InChI is InChI=1S/C13H17N3O2/c17-12-3-1-9-16(12)10-2-6-15-13(18)11-4-7-14-8-5-11/h4-5,7-8H,1-3,6,9-10H2,(H,15,18). The van der Waals surface area contributed by atoms with E-state index in [4.69, 9.17) is 0 Å². The Morgan fingerprint density at radius 2 is 2.17 bits per heavy atom. The fraction of sp³-hybridized carbons (Fsp3) is 0.462. The van der Waals surface area contributed by atoms with Gasteiger partial charge in [0.25, 0.3) is 5.91 Å². The molecule has 96 valence electrons. The van der Waals surface area contributed by atoms with Gasteiger partial charge in [0.2, 0.25) is 5.91 Å². The van der Waals surface area contributed by atoms with Gasteiger partial charge in [-0.3, -0.25) is 14.6 Å². The smallest absolute Gasteiger partial charge is 0.251 e. The number of hydrogen-bond donors (Lipinski definition) is 1. The summed E-state index contributed by atoms with van der Waals surface area (Å²) < 4.78 is 0. The predicted molar refractivity (Wildman–Crippen MR) is 67.0 cm³/mol. The number of carbonyl (C=O) groups is 2. The summed E-state index contributed by atoms with van der Waals surface area (Å²) in [6.07, 6.45) is 5.61. The lowest BCUT2D eigenvalue weighted by Crippen LogP contribution is -2.30. The van der Waals surface area contributed by atoms with E-state index in [2.05, 4.69) is 10.3 Å². The highest BCUT2D eigenvalue weighted by Gasteiger charge is 2.18. The third kappa shape index (κ3) is 3.29. The molecule has 18 heavy (non-hydrogen) atoms. The molecule has 1 saturated heterocycles.